The van der Waals surface area contributed by atoms with Crippen molar-refractivity contribution in [1.29, 1.82) is 0 Å². The van der Waals surface area contributed by atoms with Gasteiger partial charge in [0.15, 0.2) is 5.78 Å². The summed E-state index contributed by atoms with van der Waals surface area (Å²) in [6, 6.07) is 16.5. The largest absolute Gasteiger partial charge is 0.497 e. The van der Waals surface area contributed by atoms with E-state index in [-0.39, 0.29) is 5.78 Å². The molecule has 0 spiro atoms. The molecule has 0 aromatic heterocycles. The lowest BCUT2D eigenvalue weighted by atomic mass is 10.0. The van der Waals surface area contributed by atoms with E-state index >= 15 is 0 Å². The minimum Gasteiger partial charge on any atom is -0.497 e. The molecule has 6 heteroatoms. The number of hydrogen-bond donors (Lipinski definition) is 0. The zero-order valence-corrected chi connectivity index (χ0v) is 20.6. The molecule has 0 saturated carbocycles. The molecular formula is C28H24Cl2O4. The zero-order chi connectivity index (χ0) is 24.5. The number of hydrogen-bond acceptors (Lipinski definition) is 4. The number of benzene rings is 3. The van der Waals surface area contributed by atoms with E-state index in [1.54, 1.807) is 57.7 Å². The second-order valence-electron chi connectivity index (χ2n) is 7.14. The van der Waals surface area contributed by atoms with Gasteiger partial charge in [0, 0.05) is 27.2 Å². The second-order valence-corrected chi connectivity index (χ2v) is 7.96. The van der Waals surface area contributed by atoms with Gasteiger partial charge in [-0.1, -0.05) is 53.6 Å². The van der Waals surface area contributed by atoms with E-state index in [0.29, 0.717) is 27.1 Å². The van der Waals surface area contributed by atoms with E-state index < -0.39 is 0 Å². The summed E-state index contributed by atoms with van der Waals surface area (Å²) in [7, 11) is 4.80. The molecule has 0 atom stereocenters. The van der Waals surface area contributed by atoms with Crippen LogP contribution in [0.3, 0.4) is 0 Å². The highest BCUT2D eigenvalue weighted by Gasteiger charge is 2.09. The molecule has 0 radical (unpaired) electrons. The van der Waals surface area contributed by atoms with Crippen molar-refractivity contribution in [3.63, 3.8) is 0 Å². The SMILES string of the molecule is COc1ccc(/C=C/c2cc(OC)cc(OC)c2/C=C/C(=O)/C=C/c2c(Cl)cccc2Cl)cc1. The molecular weight excluding hydrogens is 471 g/mol. The summed E-state index contributed by atoms with van der Waals surface area (Å²) in [6.07, 6.45) is 10.1. The van der Waals surface area contributed by atoms with Gasteiger partial charge >= 0.3 is 0 Å². The maximum atomic E-state index is 12.5. The fraction of sp³-hybridized carbons (Fsp3) is 0.107. The Morgan fingerprint density at radius 2 is 1.32 bits per heavy atom. The van der Waals surface area contributed by atoms with Crippen molar-refractivity contribution in [3.8, 4) is 17.2 Å². The lowest BCUT2D eigenvalue weighted by Gasteiger charge is -2.11. The quantitative estimate of drug-likeness (QED) is 0.228. The molecule has 3 aromatic rings. The summed E-state index contributed by atoms with van der Waals surface area (Å²) in [5, 5.41) is 0.951. The van der Waals surface area contributed by atoms with Gasteiger partial charge in [0.05, 0.1) is 21.3 Å². The maximum absolute atomic E-state index is 12.5. The maximum Gasteiger partial charge on any atom is 0.178 e. The summed E-state index contributed by atoms with van der Waals surface area (Å²) in [5.41, 5.74) is 3.16. The molecule has 3 rings (SSSR count). The molecule has 3 aromatic carbocycles. The predicted octanol–water partition coefficient (Wildman–Crippen LogP) is 7.49. The van der Waals surface area contributed by atoms with Gasteiger partial charge < -0.3 is 14.2 Å². The van der Waals surface area contributed by atoms with Crippen LogP contribution in [0.1, 0.15) is 22.3 Å². The molecule has 0 unspecified atom stereocenters. The fourth-order valence-corrected chi connectivity index (χ4v) is 3.71. The third-order valence-corrected chi connectivity index (χ3v) is 5.66. The van der Waals surface area contributed by atoms with Crippen molar-refractivity contribution in [2.75, 3.05) is 21.3 Å². The Hall–Kier alpha value is -3.47. The Morgan fingerprint density at radius 1 is 0.706 bits per heavy atom. The number of carbonyl (C=O) groups is 1. The summed E-state index contributed by atoms with van der Waals surface area (Å²) in [4.78, 5) is 12.5. The van der Waals surface area contributed by atoms with Crippen molar-refractivity contribution in [1.82, 2.24) is 0 Å². The smallest absolute Gasteiger partial charge is 0.178 e. The van der Waals surface area contributed by atoms with Gasteiger partial charge in [0.25, 0.3) is 0 Å². The van der Waals surface area contributed by atoms with Crippen LogP contribution in [-0.4, -0.2) is 27.1 Å². The topological polar surface area (TPSA) is 44.8 Å². The van der Waals surface area contributed by atoms with Gasteiger partial charge in [-0.05, 0) is 65.8 Å². The number of rotatable bonds is 9. The minimum atomic E-state index is -0.223. The Labute approximate surface area is 209 Å². The van der Waals surface area contributed by atoms with E-state index in [0.717, 1.165) is 22.4 Å². The van der Waals surface area contributed by atoms with Crippen molar-refractivity contribution in [2.45, 2.75) is 0 Å². The molecule has 0 amide bonds. The van der Waals surface area contributed by atoms with Crippen LogP contribution in [0.15, 0.2) is 66.7 Å². The lowest BCUT2D eigenvalue weighted by Crippen LogP contribution is -1.94. The summed E-state index contributed by atoms with van der Waals surface area (Å²) in [5.74, 6) is 1.78. The molecule has 0 aliphatic heterocycles. The molecule has 0 saturated heterocycles. The van der Waals surface area contributed by atoms with E-state index in [9.17, 15) is 4.79 Å². The van der Waals surface area contributed by atoms with Crippen molar-refractivity contribution in [2.24, 2.45) is 0 Å². The van der Waals surface area contributed by atoms with Gasteiger partial charge in [-0.3, -0.25) is 4.79 Å². The third kappa shape index (κ3) is 6.53. The normalized spacial score (nSPS) is 11.4. The van der Waals surface area contributed by atoms with Gasteiger partial charge in [0.1, 0.15) is 17.2 Å². The minimum absolute atomic E-state index is 0.223. The molecule has 0 N–H and O–H groups in total. The van der Waals surface area contributed by atoms with Crippen LogP contribution in [0.4, 0.5) is 0 Å². The number of methoxy groups -OCH3 is 3. The standard InChI is InChI=1S/C28H24Cl2O4/c1-32-22-13-8-19(9-14-22)7-10-20-17-23(33-2)18-28(34-3)24(20)15-11-21(31)12-16-25-26(29)5-4-6-27(25)30/h4-18H,1-3H3/b10-7+,15-11+,16-12+. The summed E-state index contributed by atoms with van der Waals surface area (Å²) < 4.78 is 16.2. The van der Waals surface area contributed by atoms with Crippen LogP contribution in [0.25, 0.3) is 24.3 Å². The highest BCUT2D eigenvalue weighted by molar-refractivity contribution is 6.37. The highest BCUT2D eigenvalue weighted by atomic mass is 35.5. The Balaban J connectivity index is 1.91. The average molecular weight is 495 g/mol. The highest BCUT2D eigenvalue weighted by Crippen LogP contribution is 2.32. The van der Waals surface area contributed by atoms with E-state index in [1.165, 1.54) is 12.2 Å². The zero-order valence-electron chi connectivity index (χ0n) is 19.0. The first-order valence-electron chi connectivity index (χ1n) is 10.4. The number of ketones is 1. The number of carbonyl (C=O) groups excluding carboxylic acids is 1. The molecule has 0 heterocycles. The average Bonchev–Trinajstić information content (AvgIpc) is 2.85. The Kier molecular flexibility index (Phi) is 8.97. The molecule has 0 aliphatic rings. The van der Waals surface area contributed by atoms with E-state index in [4.69, 9.17) is 37.4 Å². The van der Waals surface area contributed by atoms with Crippen molar-refractivity contribution < 1.29 is 19.0 Å². The Morgan fingerprint density at radius 3 is 1.91 bits per heavy atom. The second kappa shape index (κ2) is 12.1. The molecule has 34 heavy (non-hydrogen) atoms. The van der Waals surface area contributed by atoms with Crippen LogP contribution in [-0.2, 0) is 4.79 Å². The third-order valence-electron chi connectivity index (χ3n) is 5.00. The van der Waals surface area contributed by atoms with Crippen LogP contribution < -0.4 is 14.2 Å². The Bertz CT molecular complexity index is 1220. The monoisotopic (exact) mass is 494 g/mol. The molecule has 0 bridgehead atoms. The number of ether oxygens (including phenoxy) is 3. The first-order valence-corrected chi connectivity index (χ1v) is 11.1. The lowest BCUT2D eigenvalue weighted by molar-refractivity contribution is -0.110. The van der Waals surface area contributed by atoms with Gasteiger partial charge in [0.2, 0.25) is 0 Å². The van der Waals surface area contributed by atoms with E-state index in [1.807, 2.05) is 42.5 Å². The first-order chi connectivity index (χ1) is 16.4. The van der Waals surface area contributed by atoms with Crippen LogP contribution in [0.5, 0.6) is 17.2 Å². The number of allylic oxidation sites excluding steroid dienone is 2. The molecule has 0 aliphatic carbocycles. The molecule has 0 fully saturated rings. The fourth-order valence-electron chi connectivity index (χ4n) is 3.18. The van der Waals surface area contributed by atoms with Crippen molar-refractivity contribution >= 4 is 53.3 Å². The first kappa shape index (κ1) is 25.2. The van der Waals surface area contributed by atoms with Gasteiger partial charge in [-0.25, -0.2) is 0 Å². The van der Waals surface area contributed by atoms with Crippen molar-refractivity contribution in [3.05, 3.63) is 99.0 Å². The van der Waals surface area contributed by atoms with Gasteiger partial charge in [-0.2, -0.15) is 0 Å². The van der Waals surface area contributed by atoms with E-state index in [2.05, 4.69) is 0 Å². The van der Waals surface area contributed by atoms with Crippen LogP contribution in [0.2, 0.25) is 10.0 Å². The van der Waals surface area contributed by atoms with Crippen LogP contribution >= 0.6 is 23.2 Å². The molecule has 174 valence electrons. The predicted molar refractivity (Wildman–Crippen MR) is 141 cm³/mol. The van der Waals surface area contributed by atoms with Gasteiger partial charge in [-0.15, -0.1) is 0 Å². The summed E-state index contributed by atoms with van der Waals surface area (Å²) >= 11 is 12.3. The molecule has 4 nitrogen and oxygen atoms in total. The number of halogens is 2. The van der Waals surface area contributed by atoms with Crippen LogP contribution in [0, 0.1) is 0 Å². The summed E-state index contributed by atoms with van der Waals surface area (Å²) in [6.45, 7) is 0.